The van der Waals surface area contributed by atoms with Crippen LogP contribution in [0.2, 0.25) is 0 Å². The highest BCUT2D eigenvalue weighted by Gasteiger charge is 2.22. The van der Waals surface area contributed by atoms with E-state index >= 15 is 0 Å². The molecule has 0 spiro atoms. The van der Waals surface area contributed by atoms with Gasteiger partial charge in [-0.3, -0.25) is 4.68 Å². The van der Waals surface area contributed by atoms with Crippen LogP contribution in [0, 0.1) is 0 Å². The molecule has 6 nitrogen and oxygen atoms in total. The normalized spacial score (nSPS) is 12.4. The average Bonchev–Trinajstić information content (AvgIpc) is 2.81. The molecule has 0 aromatic carbocycles. The zero-order valence-electron chi connectivity index (χ0n) is 9.74. The molecule has 1 atom stereocenters. The maximum atomic E-state index is 10.2. The molecule has 2 heterocycles. The van der Waals surface area contributed by atoms with Gasteiger partial charge in [-0.25, -0.2) is 9.97 Å². The first-order valence-electron chi connectivity index (χ1n) is 5.32. The van der Waals surface area contributed by atoms with E-state index in [1.54, 1.807) is 36.4 Å². The molecule has 0 bridgehead atoms. The molecule has 17 heavy (non-hydrogen) atoms. The molecule has 0 aliphatic rings. The second-order valence-corrected chi connectivity index (χ2v) is 3.42. The van der Waals surface area contributed by atoms with Crippen LogP contribution in [0.15, 0.2) is 24.7 Å². The Morgan fingerprint density at radius 2 is 2.12 bits per heavy atom. The van der Waals surface area contributed by atoms with Crippen molar-refractivity contribution in [3.8, 4) is 5.75 Å². The van der Waals surface area contributed by atoms with Crippen LogP contribution in [0.25, 0.3) is 0 Å². The predicted octanol–water partition coefficient (Wildman–Crippen LogP) is 0.783. The lowest BCUT2D eigenvalue weighted by molar-refractivity contribution is 0.192. The first-order chi connectivity index (χ1) is 8.27. The van der Waals surface area contributed by atoms with E-state index in [1.807, 2.05) is 6.92 Å². The quantitative estimate of drug-likeness (QED) is 0.846. The fourth-order valence-electron chi connectivity index (χ4n) is 1.64. The van der Waals surface area contributed by atoms with Gasteiger partial charge in [0.1, 0.15) is 5.69 Å². The lowest BCUT2D eigenvalue weighted by atomic mass is 10.2. The predicted molar refractivity (Wildman–Crippen MR) is 60.5 cm³/mol. The smallest absolute Gasteiger partial charge is 0.163 e. The fourth-order valence-corrected chi connectivity index (χ4v) is 1.64. The first kappa shape index (κ1) is 11.5. The van der Waals surface area contributed by atoms with Crippen molar-refractivity contribution in [2.45, 2.75) is 19.6 Å². The highest BCUT2D eigenvalue weighted by molar-refractivity contribution is 5.30. The maximum absolute atomic E-state index is 10.2. The van der Waals surface area contributed by atoms with Crippen LogP contribution in [-0.2, 0) is 6.54 Å². The van der Waals surface area contributed by atoms with Crippen LogP contribution >= 0.6 is 0 Å². The summed E-state index contributed by atoms with van der Waals surface area (Å²) in [7, 11) is 1.54. The lowest BCUT2D eigenvalue weighted by Crippen LogP contribution is -2.12. The Morgan fingerprint density at radius 3 is 2.71 bits per heavy atom. The van der Waals surface area contributed by atoms with Gasteiger partial charge in [-0.05, 0) is 13.0 Å². The summed E-state index contributed by atoms with van der Waals surface area (Å²) in [5.41, 5.74) is 0.571. The van der Waals surface area contributed by atoms with Gasteiger partial charge in [0.25, 0.3) is 0 Å². The molecular weight excluding hydrogens is 220 g/mol. The second kappa shape index (κ2) is 4.92. The highest BCUT2D eigenvalue weighted by Crippen LogP contribution is 2.27. The minimum Gasteiger partial charge on any atom is -0.493 e. The van der Waals surface area contributed by atoms with Gasteiger partial charge >= 0.3 is 0 Å². The number of aromatic nitrogens is 4. The van der Waals surface area contributed by atoms with Gasteiger partial charge in [0.15, 0.2) is 17.7 Å². The third-order valence-corrected chi connectivity index (χ3v) is 2.45. The molecule has 0 saturated carbocycles. The molecule has 1 unspecified atom stereocenters. The molecule has 0 amide bonds. The third kappa shape index (κ3) is 2.12. The summed E-state index contributed by atoms with van der Waals surface area (Å²) in [6, 6.07) is 1.70. The maximum Gasteiger partial charge on any atom is 0.163 e. The summed E-state index contributed by atoms with van der Waals surface area (Å²) in [6.07, 6.45) is 3.81. The van der Waals surface area contributed by atoms with Crippen molar-refractivity contribution in [3.63, 3.8) is 0 Å². The van der Waals surface area contributed by atoms with Crippen molar-refractivity contribution in [1.29, 1.82) is 0 Å². The average molecular weight is 234 g/mol. The van der Waals surface area contributed by atoms with E-state index in [1.165, 1.54) is 0 Å². The Kier molecular flexibility index (Phi) is 3.34. The van der Waals surface area contributed by atoms with Crippen LogP contribution < -0.4 is 4.74 Å². The van der Waals surface area contributed by atoms with Crippen molar-refractivity contribution in [2.75, 3.05) is 7.11 Å². The summed E-state index contributed by atoms with van der Waals surface area (Å²) < 4.78 is 6.84. The van der Waals surface area contributed by atoms with Crippen LogP contribution in [0.3, 0.4) is 0 Å². The number of hydrogen-bond donors (Lipinski definition) is 1. The van der Waals surface area contributed by atoms with Gasteiger partial charge < -0.3 is 9.84 Å². The molecule has 0 aliphatic heterocycles. The number of hydrogen-bond acceptors (Lipinski definition) is 5. The summed E-state index contributed by atoms with van der Waals surface area (Å²) in [6.45, 7) is 2.58. The van der Waals surface area contributed by atoms with Crippen molar-refractivity contribution in [1.82, 2.24) is 19.7 Å². The third-order valence-electron chi connectivity index (χ3n) is 2.45. The second-order valence-electron chi connectivity index (χ2n) is 3.42. The van der Waals surface area contributed by atoms with E-state index < -0.39 is 6.10 Å². The Balaban J connectivity index is 2.42. The van der Waals surface area contributed by atoms with E-state index in [9.17, 15) is 5.11 Å². The van der Waals surface area contributed by atoms with Crippen LogP contribution in [0.4, 0.5) is 0 Å². The number of aryl methyl sites for hydroxylation is 1. The minimum atomic E-state index is -0.936. The Hall–Kier alpha value is -1.95. The molecule has 0 radical (unpaired) electrons. The van der Waals surface area contributed by atoms with Crippen LogP contribution in [0.5, 0.6) is 5.75 Å². The summed E-state index contributed by atoms with van der Waals surface area (Å²) in [4.78, 5) is 8.06. The number of aliphatic hydroxyl groups excluding tert-OH is 1. The van der Waals surface area contributed by atoms with Gasteiger partial charge in [-0.1, -0.05) is 0 Å². The van der Waals surface area contributed by atoms with Gasteiger partial charge in [-0.2, -0.15) is 5.10 Å². The van der Waals surface area contributed by atoms with Crippen molar-refractivity contribution < 1.29 is 9.84 Å². The first-order valence-corrected chi connectivity index (χ1v) is 5.32. The number of methoxy groups -OCH3 is 1. The highest BCUT2D eigenvalue weighted by atomic mass is 16.5. The van der Waals surface area contributed by atoms with Crippen molar-refractivity contribution in [2.24, 2.45) is 0 Å². The molecule has 6 heteroatoms. The van der Waals surface area contributed by atoms with E-state index in [2.05, 4.69) is 15.1 Å². The van der Waals surface area contributed by atoms with Gasteiger partial charge in [-0.15, -0.1) is 0 Å². The van der Waals surface area contributed by atoms with Gasteiger partial charge in [0.05, 0.1) is 13.3 Å². The molecule has 2 aromatic heterocycles. The molecule has 0 fully saturated rings. The topological polar surface area (TPSA) is 73.1 Å². The number of aliphatic hydroxyl groups is 1. The Labute approximate surface area is 98.9 Å². The van der Waals surface area contributed by atoms with Crippen molar-refractivity contribution >= 4 is 0 Å². The molecule has 2 rings (SSSR count). The fraction of sp³-hybridized carbons (Fsp3) is 0.364. The van der Waals surface area contributed by atoms with E-state index in [4.69, 9.17) is 4.74 Å². The SMILES string of the molecule is CCn1ncc(OC)c1C(O)c1ncccn1. The largest absolute Gasteiger partial charge is 0.493 e. The van der Waals surface area contributed by atoms with Crippen molar-refractivity contribution in [3.05, 3.63) is 36.2 Å². The molecule has 0 aliphatic carbocycles. The number of rotatable bonds is 4. The minimum absolute atomic E-state index is 0.334. The number of nitrogens with zero attached hydrogens (tertiary/aromatic N) is 4. The summed E-state index contributed by atoms with van der Waals surface area (Å²) >= 11 is 0. The van der Waals surface area contributed by atoms with Crippen LogP contribution in [-0.4, -0.2) is 32.0 Å². The summed E-state index contributed by atoms with van der Waals surface area (Å²) in [5.74, 6) is 0.868. The molecule has 2 aromatic rings. The standard InChI is InChI=1S/C11H14N4O2/c1-3-15-9(8(17-2)7-14-15)10(16)11-12-5-4-6-13-11/h4-7,10,16H,3H2,1-2H3. The Morgan fingerprint density at radius 1 is 1.41 bits per heavy atom. The molecular formula is C11H14N4O2. The van der Waals surface area contributed by atoms with E-state index in [-0.39, 0.29) is 0 Å². The number of ether oxygens (including phenoxy) is 1. The summed E-state index contributed by atoms with van der Waals surface area (Å²) in [5, 5.41) is 14.4. The zero-order valence-corrected chi connectivity index (χ0v) is 9.74. The molecule has 1 N–H and O–H groups in total. The molecule has 0 saturated heterocycles. The zero-order chi connectivity index (χ0) is 12.3. The Bertz CT molecular complexity index is 462. The monoisotopic (exact) mass is 234 g/mol. The van der Waals surface area contributed by atoms with Gasteiger partial charge in [0, 0.05) is 18.9 Å². The van der Waals surface area contributed by atoms with E-state index in [0.29, 0.717) is 23.8 Å². The van der Waals surface area contributed by atoms with Gasteiger partial charge in [0.2, 0.25) is 0 Å². The molecule has 90 valence electrons. The van der Waals surface area contributed by atoms with E-state index in [0.717, 1.165) is 0 Å². The van der Waals surface area contributed by atoms with Crippen LogP contribution in [0.1, 0.15) is 24.5 Å². The lowest BCUT2D eigenvalue weighted by Gasteiger charge is -2.12.